The predicted molar refractivity (Wildman–Crippen MR) is 119 cm³/mol. The Morgan fingerprint density at radius 1 is 1.19 bits per heavy atom. The number of halogens is 1. The van der Waals surface area contributed by atoms with Crippen LogP contribution in [0.4, 0.5) is 10.1 Å². The zero-order chi connectivity index (χ0) is 22.2. The van der Waals surface area contributed by atoms with Crippen molar-refractivity contribution in [3.05, 3.63) is 67.6 Å². The summed E-state index contributed by atoms with van der Waals surface area (Å²) in [6, 6.07) is 4.78. The standard InChI is InChI=1S/C22H21FN4O4S/c23-18-8-19-16(6-14(18)11-27-20(28)12-32-22(27)30)17(21(29)25-19)7-15-5-13(9-24-15)10-26-1-3-31-4-2-26/h5-9,12,24,28H,1-4,10-11H2,(H,25,29). The van der Waals surface area contributed by atoms with Crippen LogP contribution in [0.3, 0.4) is 0 Å². The number of thiazole rings is 1. The molecule has 32 heavy (non-hydrogen) atoms. The molecule has 166 valence electrons. The van der Waals surface area contributed by atoms with E-state index >= 15 is 0 Å². The molecule has 0 spiro atoms. The summed E-state index contributed by atoms with van der Waals surface area (Å²) in [5.41, 5.74) is 3.42. The Balaban J connectivity index is 1.42. The van der Waals surface area contributed by atoms with Gasteiger partial charge >= 0.3 is 4.87 Å². The van der Waals surface area contributed by atoms with E-state index in [2.05, 4.69) is 15.2 Å². The first-order valence-corrected chi connectivity index (χ1v) is 11.1. The highest BCUT2D eigenvalue weighted by molar-refractivity contribution is 7.07. The highest BCUT2D eigenvalue weighted by Gasteiger charge is 2.26. The number of fused-ring (bicyclic) bond motifs is 1. The Bertz CT molecular complexity index is 1270. The number of anilines is 1. The van der Waals surface area contributed by atoms with E-state index in [-0.39, 0.29) is 28.8 Å². The fourth-order valence-corrected chi connectivity index (χ4v) is 4.59. The molecule has 2 aliphatic heterocycles. The van der Waals surface area contributed by atoms with Gasteiger partial charge in [0.1, 0.15) is 5.82 Å². The molecule has 4 heterocycles. The number of ether oxygens (including phenoxy) is 1. The molecular formula is C22H21FN4O4S. The third-order valence-corrected chi connectivity index (χ3v) is 6.39. The quantitative estimate of drug-likeness (QED) is 0.512. The number of carbonyl (C=O) groups excluding carboxylic acids is 1. The van der Waals surface area contributed by atoms with Gasteiger partial charge in [-0.3, -0.25) is 19.1 Å². The number of amides is 1. The number of rotatable bonds is 5. The van der Waals surface area contributed by atoms with Crippen molar-refractivity contribution in [2.45, 2.75) is 13.1 Å². The van der Waals surface area contributed by atoms with E-state index in [9.17, 15) is 19.1 Å². The van der Waals surface area contributed by atoms with Gasteiger partial charge in [-0.15, -0.1) is 0 Å². The number of nitrogens with one attached hydrogen (secondary N) is 2. The fourth-order valence-electron chi connectivity index (χ4n) is 3.97. The zero-order valence-corrected chi connectivity index (χ0v) is 17.9. The predicted octanol–water partition coefficient (Wildman–Crippen LogP) is 2.46. The number of aromatic amines is 1. The smallest absolute Gasteiger partial charge is 0.310 e. The molecule has 1 fully saturated rings. The molecule has 0 bridgehead atoms. The summed E-state index contributed by atoms with van der Waals surface area (Å²) >= 11 is 0.842. The van der Waals surface area contributed by atoms with Gasteiger partial charge in [0, 0.05) is 42.7 Å². The Labute approximate surface area is 186 Å². The molecule has 1 aromatic carbocycles. The zero-order valence-electron chi connectivity index (χ0n) is 17.1. The molecule has 3 N–H and O–H groups in total. The van der Waals surface area contributed by atoms with E-state index < -0.39 is 5.82 Å². The van der Waals surface area contributed by atoms with Gasteiger partial charge in [-0.05, 0) is 29.8 Å². The maximum atomic E-state index is 14.6. The molecule has 0 unspecified atom stereocenters. The number of nitrogens with zero attached hydrogens (tertiary/aromatic N) is 2. The Kier molecular flexibility index (Phi) is 5.41. The lowest BCUT2D eigenvalue weighted by Gasteiger charge is -2.25. The molecule has 0 saturated carbocycles. The summed E-state index contributed by atoms with van der Waals surface area (Å²) < 4.78 is 21.1. The minimum atomic E-state index is -0.560. The van der Waals surface area contributed by atoms with Crippen LogP contribution in [0.5, 0.6) is 5.88 Å². The van der Waals surface area contributed by atoms with E-state index in [0.29, 0.717) is 16.8 Å². The van der Waals surface area contributed by atoms with Crippen LogP contribution in [0.1, 0.15) is 22.4 Å². The van der Waals surface area contributed by atoms with Gasteiger partial charge in [0.25, 0.3) is 5.91 Å². The van der Waals surface area contributed by atoms with Crippen LogP contribution in [-0.2, 0) is 22.6 Å². The Hall–Kier alpha value is -3.21. The van der Waals surface area contributed by atoms with E-state index in [1.54, 1.807) is 12.1 Å². The van der Waals surface area contributed by atoms with Crippen LogP contribution in [0.2, 0.25) is 0 Å². The Morgan fingerprint density at radius 3 is 2.75 bits per heavy atom. The van der Waals surface area contributed by atoms with Gasteiger partial charge in [0.15, 0.2) is 0 Å². The first kappa shape index (κ1) is 20.7. The monoisotopic (exact) mass is 456 g/mol. The number of hydrogen-bond donors (Lipinski definition) is 3. The SMILES string of the molecule is O=C1Nc2cc(F)c(Cn3c(O)csc3=O)cc2C1=Cc1cc(CN2CCOCC2)c[nH]1. The summed E-state index contributed by atoms with van der Waals surface area (Å²) in [4.78, 5) is 29.6. The summed E-state index contributed by atoms with van der Waals surface area (Å²) in [6.07, 6.45) is 3.65. The second kappa shape index (κ2) is 8.38. The molecule has 1 amide bonds. The molecule has 2 aromatic heterocycles. The molecule has 10 heteroatoms. The third kappa shape index (κ3) is 3.99. The molecule has 0 radical (unpaired) electrons. The van der Waals surface area contributed by atoms with Gasteiger partial charge in [-0.1, -0.05) is 11.3 Å². The second-order valence-electron chi connectivity index (χ2n) is 7.80. The molecule has 3 aromatic rings. The molecular weight excluding hydrogens is 435 g/mol. The van der Waals surface area contributed by atoms with E-state index in [1.807, 2.05) is 12.3 Å². The maximum Gasteiger partial charge on any atom is 0.310 e. The second-order valence-corrected chi connectivity index (χ2v) is 8.62. The number of H-pyrrole nitrogens is 1. The lowest BCUT2D eigenvalue weighted by atomic mass is 10.0. The first-order chi connectivity index (χ1) is 15.5. The summed E-state index contributed by atoms with van der Waals surface area (Å²) in [6.45, 7) is 3.89. The molecule has 0 atom stereocenters. The van der Waals surface area contributed by atoms with Crippen molar-refractivity contribution in [3.8, 4) is 5.88 Å². The molecule has 5 rings (SSSR count). The van der Waals surface area contributed by atoms with E-state index in [0.717, 1.165) is 60.0 Å². The van der Waals surface area contributed by atoms with Crippen LogP contribution >= 0.6 is 11.3 Å². The summed E-state index contributed by atoms with van der Waals surface area (Å²) in [5, 5.41) is 13.8. The number of carbonyl (C=O) groups is 1. The van der Waals surface area contributed by atoms with E-state index in [1.165, 1.54) is 11.4 Å². The molecule has 1 saturated heterocycles. The van der Waals surface area contributed by atoms with Gasteiger partial charge in [0.2, 0.25) is 5.88 Å². The fraction of sp³-hybridized carbons (Fsp3) is 0.273. The van der Waals surface area contributed by atoms with Crippen LogP contribution in [0, 0.1) is 5.82 Å². The average molecular weight is 456 g/mol. The van der Waals surface area contributed by atoms with Crippen molar-refractivity contribution in [2.24, 2.45) is 0 Å². The summed E-state index contributed by atoms with van der Waals surface area (Å²) in [5.74, 6) is -1.10. The number of hydrogen-bond acceptors (Lipinski definition) is 6. The van der Waals surface area contributed by atoms with Gasteiger partial charge in [-0.2, -0.15) is 0 Å². The van der Waals surface area contributed by atoms with Crippen molar-refractivity contribution in [1.29, 1.82) is 0 Å². The largest absolute Gasteiger partial charge is 0.494 e. The van der Waals surface area contributed by atoms with Crippen molar-refractivity contribution < 1.29 is 19.0 Å². The maximum absolute atomic E-state index is 14.6. The molecule has 0 aliphatic carbocycles. The topological polar surface area (TPSA) is 99.6 Å². The van der Waals surface area contributed by atoms with Crippen molar-refractivity contribution >= 4 is 34.6 Å². The molecule has 8 nitrogen and oxygen atoms in total. The average Bonchev–Trinajstić information content (AvgIpc) is 3.43. The van der Waals surface area contributed by atoms with Gasteiger partial charge < -0.3 is 20.1 Å². The highest BCUT2D eigenvalue weighted by Crippen LogP contribution is 2.35. The Morgan fingerprint density at radius 2 is 2.00 bits per heavy atom. The van der Waals surface area contributed by atoms with Gasteiger partial charge in [0.05, 0.1) is 36.4 Å². The number of morpholine rings is 1. The van der Waals surface area contributed by atoms with Crippen LogP contribution in [0.25, 0.3) is 11.6 Å². The lowest BCUT2D eigenvalue weighted by molar-refractivity contribution is -0.110. The first-order valence-electron chi connectivity index (χ1n) is 10.2. The van der Waals surface area contributed by atoms with Gasteiger partial charge in [-0.25, -0.2) is 4.39 Å². The van der Waals surface area contributed by atoms with E-state index in [4.69, 9.17) is 4.74 Å². The molecule has 2 aliphatic rings. The van der Waals surface area contributed by atoms with Crippen molar-refractivity contribution in [3.63, 3.8) is 0 Å². The van der Waals surface area contributed by atoms with Crippen molar-refractivity contribution in [1.82, 2.24) is 14.5 Å². The number of aromatic hydroxyl groups is 1. The normalized spacial score (nSPS) is 17.7. The third-order valence-electron chi connectivity index (χ3n) is 5.63. The minimum absolute atomic E-state index is 0.124. The van der Waals surface area contributed by atoms with Crippen LogP contribution in [-0.4, -0.2) is 51.8 Å². The van der Waals surface area contributed by atoms with Crippen molar-refractivity contribution in [2.75, 3.05) is 31.6 Å². The highest BCUT2D eigenvalue weighted by atomic mass is 32.1. The number of aromatic nitrogens is 2. The lowest BCUT2D eigenvalue weighted by Crippen LogP contribution is -2.35. The number of benzene rings is 1. The van der Waals surface area contributed by atoms with Crippen LogP contribution in [0.15, 0.2) is 34.6 Å². The summed E-state index contributed by atoms with van der Waals surface area (Å²) in [7, 11) is 0. The minimum Gasteiger partial charge on any atom is -0.494 e. The van der Waals surface area contributed by atoms with Crippen LogP contribution < -0.4 is 10.2 Å².